The van der Waals surface area contributed by atoms with Crippen molar-refractivity contribution >= 4 is 80.6 Å². The smallest absolute Gasteiger partial charge is 0.238 e. The molecule has 0 saturated carbocycles. The molecule has 0 fully saturated rings. The molecule has 218 valence electrons. The van der Waals surface area contributed by atoms with Crippen LogP contribution in [0.3, 0.4) is 0 Å². The van der Waals surface area contributed by atoms with Gasteiger partial charge in [0.15, 0.2) is 11.6 Å². The average molecular weight is 618 g/mol. The molecule has 0 N–H and O–H groups in total. The van der Waals surface area contributed by atoms with E-state index in [0.29, 0.717) is 17.6 Å². The monoisotopic (exact) mass is 617 g/mol. The van der Waals surface area contributed by atoms with Gasteiger partial charge in [0.05, 0.1) is 27.6 Å². The summed E-state index contributed by atoms with van der Waals surface area (Å²) in [6, 6.07) is 49.2. The van der Waals surface area contributed by atoms with Crippen molar-refractivity contribution in [3.63, 3.8) is 0 Å². The highest BCUT2D eigenvalue weighted by atomic mass is 32.1. The summed E-state index contributed by atoms with van der Waals surface area (Å²) < 4.78 is 7.10. The maximum absolute atomic E-state index is 5.33. The molecule has 11 aromatic rings. The molecule has 0 bridgehead atoms. The number of rotatable bonds is 3. The molecule has 6 heterocycles. The molecule has 47 heavy (non-hydrogen) atoms. The van der Waals surface area contributed by atoms with Crippen LogP contribution in [0.1, 0.15) is 0 Å². The second-order valence-corrected chi connectivity index (χ2v) is 13.1. The summed E-state index contributed by atoms with van der Waals surface area (Å²) in [7, 11) is 0. The van der Waals surface area contributed by atoms with E-state index >= 15 is 0 Å². The molecular weight excluding hydrogens is 595 g/mol. The molecule has 5 aromatic carbocycles. The van der Waals surface area contributed by atoms with Gasteiger partial charge in [-0.25, -0.2) is 4.98 Å². The molecule has 0 atom stereocenters. The topological polar surface area (TPSA) is 48.0 Å². The minimum atomic E-state index is 0.608. The number of pyridine rings is 1. The van der Waals surface area contributed by atoms with Crippen LogP contribution < -0.4 is 0 Å². The summed E-state index contributed by atoms with van der Waals surface area (Å²) in [4.78, 5) is 15.7. The Kier molecular flexibility index (Phi) is 4.93. The lowest BCUT2D eigenvalue weighted by molar-refractivity contribution is 0.955. The zero-order chi connectivity index (χ0) is 30.6. The van der Waals surface area contributed by atoms with Crippen molar-refractivity contribution in [1.82, 2.24) is 23.9 Å². The lowest BCUT2D eigenvalue weighted by Gasteiger charge is -2.11. The number of aromatic nitrogens is 5. The molecule has 0 aliphatic rings. The highest BCUT2D eigenvalue weighted by Gasteiger charge is 2.26. The van der Waals surface area contributed by atoms with Crippen molar-refractivity contribution in [2.45, 2.75) is 0 Å². The van der Waals surface area contributed by atoms with Crippen LogP contribution in [-0.4, -0.2) is 23.9 Å². The summed E-state index contributed by atoms with van der Waals surface area (Å²) in [5, 5.41) is 7.38. The molecule has 5 nitrogen and oxygen atoms in total. The van der Waals surface area contributed by atoms with Gasteiger partial charge in [-0.2, -0.15) is 9.97 Å². The molecule has 6 aromatic heterocycles. The van der Waals surface area contributed by atoms with Gasteiger partial charge in [0, 0.05) is 52.8 Å². The van der Waals surface area contributed by atoms with Gasteiger partial charge < -0.3 is 4.40 Å². The fraction of sp³-hybridized carbons (Fsp3) is 0. The Bertz CT molecular complexity index is 3020. The first kappa shape index (κ1) is 25.1. The number of thiophene rings is 1. The van der Waals surface area contributed by atoms with Crippen LogP contribution in [0.15, 0.2) is 140 Å². The van der Waals surface area contributed by atoms with Crippen molar-refractivity contribution in [2.24, 2.45) is 0 Å². The minimum absolute atomic E-state index is 0.608. The van der Waals surface area contributed by atoms with Crippen LogP contribution in [0.4, 0.5) is 0 Å². The largest absolute Gasteiger partial charge is 0.306 e. The third-order valence-corrected chi connectivity index (χ3v) is 10.7. The minimum Gasteiger partial charge on any atom is -0.306 e. The van der Waals surface area contributed by atoms with E-state index in [1.54, 1.807) is 11.3 Å². The number of para-hydroxylation sites is 1. The molecule has 0 aliphatic carbocycles. The highest BCUT2D eigenvalue weighted by Crippen LogP contribution is 2.45. The Balaban J connectivity index is 1.29. The van der Waals surface area contributed by atoms with E-state index in [0.717, 1.165) is 27.7 Å². The molecule has 0 radical (unpaired) electrons. The highest BCUT2D eigenvalue weighted by molar-refractivity contribution is 7.26. The molecule has 0 saturated heterocycles. The van der Waals surface area contributed by atoms with Gasteiger partial charge in [-0.05, 0) is 30.3 Å². The van der Waals surface area contributed by atoms with Crippen LogP contribution in [0.2, 0.25) is 0 Å². The molecule has 0 unspecified atom stereocenters. The first-order valence-corrected chi connectivity index (χ1v) is 16.5. The van der Waals surface area contributed by atoms with Gasteiger partial charge in [-0.15, -0.1) is 11.3 Å². The van der Waals surface area contributed by atoms with E-state index < -0.39 is 0 Å². The number of fused-ring (bicyclic) bond motifs is 11. The third kappa shape index (κ3) is 3.34. The van der Waals surface area contributed by atoms with Crippen LogP contribution in [0.25, 0.3) is 98.0 Å². The molecule has 0 aliphatic heterocycles. The Hall–Kier alpha value is -6.11. The SMILES string of the molecule is c1ccc(-c2nc(-c3cccc4c3sc3ccccc34)nc(-n3c4ccccc4c4c3c3cccc5c6ccccc6c4n53)n2)cc1. The summed E-state index contributed by atoms with van der Waals surface area (Å²) in [6.45, 7) is 0. The van der Waals surface area contributed by atoms with Gasteiger partial charge in [0.25, 0.3) is 0 Å². The second-order valence-electron chi connectivity index (χ2n) is 12.0. The van der Waals surface area contributed by atoms with Crippen molar-refractivity contribution in [3.05, 3.63) is 140 Å². The number of hydrogen-bond acceptors (Lipinski definition) is 4. The third-order valence-electron chi connectivity index (χ3n) is 9.53. The van der Waals surface area contributed by atoms with Crippen LogP contribution >= 0.6 is 11.3 Å². The molecule has 11 rings (SSSR count). The maximum atomic E-state index is 5.33. The Morgan fingerprint density at radius 3 is 2.00 bits per heavy atom. The van der Waals surface area contributed by atoms with Gasteiger partial charge in [0.2, 0.25) is 5.95 Å². The van der Waals surface area contributed by atoms with E-state index in [4.69, 9.17) is 15.0 Å². The fourth-order valence-electron chi connectivity index (χ4n) is 7.58. The van der Waals surface area contributed by atoms with E-state index in [1.807, 2.05) is 18.2 Å². The van der Waals surface area contributed by atoms with Gasteiger partial charge >= 0.3 is 0 Å². The number of nitrogens with zero attached hydrogens (tertiary/aromatic N) is 5. The summed E-state index contributed by atoms with van der Waals surface area (Å²) in [5.74, 6) is 1.92. The summed E-state index contributed by atoms with van der Waals surface area (Å²) in [5.41, 5.74) is 7.71. The molecule has 6 heteroatoms. The number of hydrogen-bond donors (Lipinski definition) is 0. The average Bonchev–Trinajstić information content (AvgIpc) is 3.87. The van der Waals surface area contributed by atoms with Gasteiger partial charge in [0.1, 0.15) is 0 Å². The van der Waals surface area contributed by atoms with Crippen LogP contribution in [0.5, 0.6) is 0 Å². The van der Waals surface area contributed by atoms with Gasteiger partial charge in [-0.1, -0.05) is 109 Å². The van der Waals surface area contributed by atoms with E-state index in [2.05, 4.69) is 130 Å². The maximum Gasteiger partial charge on any atom is 0.238 e. The number of benzene rings is 5. The summed E-state index contributed by atoms with van der Waals surface area (Å²) >= 11 is 1.79. The normalized spacial score (nSPS) is 12.3. The van der Waals surface area contributed by atoms with Gasteiger partial charge in [-0.3, -0.25) is 4.57 Å². The second kappa shape index (κ2) is 9.22. The van der Waals surface area contributed by atoms with E-state index in [1.165, 1.54) is 52.8 Å². The summed E-state index contributed by atoms with van der Waals surface area (Å²) in [6.07, 6.45) is 0. The Morgan fingerprint density at radius 1 is 0.447 bits per heavy atom. The first-order chi connectivity index (χ1) is 23.3. The predicted octanol–water partition coefficient (Wildman–Crippen LogP) is 10.7. The van der Waals surface area contributed by atoms with E-state index in [9.17, 15) is 0 Å². The van der Waals surface area contributed by atoms with Crippen molar-refractivity contribution in [3.8, 4) is 28.7 Å². The zero-order valence-electron chi connectivity index (χ0n) is 24.9. The molecule has 0 spiro atoms. The van der Waals surface area contributed by atoms with E-state index in [-0.39, 0.29) is 0 Å². The standard InChI is InChI=1S/C41H23N5S/c1-2-12-24(13-3-1)39-42-40(30-19-10-18-28-26-15-7-9-23-34(26)47-38(28)30)44-41(43-39)46-32-20-8-6-17-29(32)35-36-27-16-5-4-14-25(27)31-21-11-22-33(37(35)46)45(31)36/h1-23H. The first-order valence-electron chi connectivity index (χ1n) is 15.7. The fourth-order valence-corrected chi connectivity index (χ4v) is 8.79. The predicted molar refractivity (Wildman–Crippen MR) is 195 cm³/mol. The van der Waals surface area contributed by atoms with Crippen molar-refractivity contribution in [1.29, 1.82) is 0 Å². The molecular formula is C41H23N5S. The Morgan fingerprint density at radius 2 is 1.11 bits per heavy atom. The zero-order valence-corrected chi connectivity index (χ0v) is 25.7. The lowest BCUT2D eigenvalue weighted by Crippen LogP contribution is -2.06. The Labute approximate surface area is 272 Å². The molecule has 0 amide bonds. The lowest BCUT2D eigenvalue weighted by atomic mass is 10.1. The quantitative estimate of drug-likeness (QED) is 0.198. The van der Waals surface area contributed by atoms with Crippen molar-refractivity contribution < 1.29 is 0 Å². The van der Waals surface area contributed by atoms with Crippen LogP contribution in [0, 0.1) is 0 Å². The van der Waals surface area contributed by atoms with Crippen LogP contribution in [-0.2, 0) is 0 Å². The van der Waals surface area contributed by atoms with Crippen molar-refractivity contribution in [2.75, 3.05) is 0 Å².